The Morgan fingerprint density at radius 2 is 1.38 bits per heavy atom. The van der Waals surface area contributed by atoms with Gasteiger partial charge < -0.3 is 9.47 Å². The molecule has 1 aliphatic rings. The van der Waals surface area contributed by atoms with Gasteiger partial charge in [-0.05, 0) is 20.8 Å². The number of rotatable bonds is 4. The third-order valence-electron chi connectivity index (χ3n) is 2.86. The summed E-state index contributed by atoms with van der Waals surface area (Å²) < 4.78 is 75.2. The van der Waals surface area contributed by atoms with E-state index in [-0.39, 0.29) is 0 Å². The number of hydrogen-bond donors (Lipinski definition) is 1. The smallest absolute Gasteiger partial charge is 0.431 e. The summed E-state index contributed by atoms with van der Waals surface area (Å²) in [6.45, 7) is 3.67. The molecule has 0 bridgehead atoms. The van der Waals surface area contributed by atoms with Gasteiger partial charge in [-0.25, -0.2) is 31.5 Å². The Morgan fingerprint density at radius 3 is 1.83 bits per heavy atom. The number of amides is 1. The lowest BCUT2D eigenvalue weighted by atomic mass is 9.89. The lowest BCUT2D eigenvalue weighted by molar-refractivity contribution is -0.182. The molecule has 0 spiro atoms. The van der Waals surface area contributed by atoms with Gasteiger partial charge in [-0.2, -0.15) is 5.48 Å². The second-order valence-corrected chi connectivity index (χ2v) is 6.07. The summed E-state index contributed by atoms with van der Waals surface area (Å²) in [5, 5.41) is 0. The highest BCUT2D eigenvalue weighted by atomic mass is 19.2. The molecule has 6 atom stereocenters. The van der Waals surface area contributed by atoms with Crippen LogP contribution >= 0.6 is 0 Å². The second kappa shape index (κ2) is 7.95. The molecule has 0 aliphatic heterocycles. The maximum atomic E-state index is 13.5. The van der Waals surface area contributed by atoms with Gasteiger partial charge in [-0.3, -0.25) is 4.84 Å². The molecule has 4 unspecified atom stereocenters. The predicted molar refractivity (Wildman–Crippen MR) is 69.7 cm³/mol. The topological polar surface area (TPSA) is 73.9 Å². The Hall–Kier alpha value is -1.65. The molecular weight excluding hydrogens is 345 g/mol. The van der Waals surface area contributed by atoms with Crippen molar-refractivity contribution in [3.8, 4) is 0 Å². The van der Waals surface area contributed by atoms with Crippen molar-refractivity contribution in [2.24, 2.45) is 0 Å². The average molecular weight is 363 g/mol. The molecule has 1 saturated carbocycles. The van der Waals surface area contributed by atoms with E-state index in [1.807, 2.05) is 0 Å². The summed E-state index contributed by atoms with van der Waals surface area (Å²) in [5.74, 6) is -1.42. The van der Waals surface area contributed by atoms with Gasteiger partial charge in [-0.1, -0.05) is 0 Å². The van der Waals surface area contributed by atoms with E-state index in [9.17, 15) is 31.5 Å². The minimum atomic E-state index is -2.99. The largest absolute Gasteiger partial charge is 0.454 e. The molecular formula is C13H18F5NO5. The summed E-state index contributed by atoms with van der Waals surface area (Å²) in [7, 11) is 0. The Morgan fingerprint density at radius 1 is 0.917 bits per heavy atom. The van der Waals surface area contributed by atoms with Crippen LogP contribution in [0.4, 0.5) is 26.7 Å². The Kier molecular flexibility index (Phi) is 6.76. The van der Waals surface area contributed by atoms with E-state index >= 15 is 0 Å². The van der Waals surface area contributed by atoms with Gasteiger partial charge in [0.25, 0.3) is 0 Å². The lowest BCUT2D eigenvalue weighted by Gasteiger charge is -2.35. The highest BCUT2D eigenvalue weighted by Crippen LogP contribution is 2.33. The zero-order valence-corrected chi connectivity index (χ0v) is 13.1. The van der Waals surface area contributed by atoms with Gasteiger partial charge in [0.1, 0.15) is 5.60 Å². The number of hydroxylamine groups is 1. The number of alkyl halides is 5. The van der Waals surface area contributed by atoms with Crippen molar-refractivity contribution in [3.05, 3.63) is 0 Å². The van der Waals surface area contributed by atoms with Crippen molar-refractivity contribution in [3.63, 3.8) is 0 Å². The van der Waals surface area contributed by atoms with Crippen LogP contribution in [0.3, 0.4) is 0 Å². The van der Waals surface area contributed by atoms with E-state index in [0.717, 1.165) is 0 Å². The van der Waals surface area contributed by atoms with Crippen LogP contribution in [0.5, 0.6) is 0 Å². The molecule has 24 heavy (non-hydrogen) atoms. The minimum absolute atomic E-state index is 0.839. The summed E-state index contributed by atoms with van der Waals surface area (Å²) >= 11 is 0. The van der Waals surface area contributed by atoms with Crippen LogP contribution in [0.25, 0.3) is 0 Å². The van der Waals surface area contributed by atoms with Crippen LogP contribution in [0.2, 0.25) is 0 Å². The molecule has 0 aromatic heterocycles. The van der Waals surface area contributed by atoms with Crippen molar-refractivity contribution >= 4 is 12.1 Å². The monoisotopic (exact) mass is 363 g/mol. The van der Waals surface area contributed by atoms with Gasteiger partial charge >= 0.3 is 12.1 Å². The first-order valence-corrected chi connectivity index (χ1v) is 6.94. The third-order valence-corrected chi connectivity index (χ3v) is 2.86. The molecule has 1 aliphatic carbocycles. The lowest BCUT2D eigenvalue weighted by Crippen LogP contribution is -2.58. The number of hydrogen-bond acceptors (Lipinski definition) is 5. The van der Waals surface area contributed by atoms with Crippen molar-refractivity contribution in [2.45, 2.75) is 63.3 Å². The van der Waals surface area contributed by atoms with E-state index < -0.39 is 61.2 Å². The van der Waals surface area contributed by atoms with E-state index in [1.54, 1.807) is 26.3 Å². The molecule has 0 saturated heterocycles. The quantitative estimate of drug-likeness (QED) is 0.470. The minimum Gasteiger partial charge on any atom is -0.454 e. The van der Waals surface area contributed by atoms with Gasteiger partial charge in [0.15, 0.2) is 43.6 Å². The van der Waals surface area contributed by atoms with Gasteiger partial charge in [0.05, 0.1) is 0 Å². The number of carbonyl (C=O) groups excluding carboxylic acids is 2. The number of carbonyl (C=O) groups is 2. The first-order chi connectivity index (χ1) is 10.9. The number of ether oxygens (including phenoxy) is 2. The first kappa shape index (κ1) is 20.4. The summed E-state index contributed by atoms with van der Waals surface area (Å²) in [4.78, 5) is 26.9. The van der Waals surface area contributed by atoms with Crippen LogP contribution in [0, 0.1) is 0 Å². The second-order valence-electron chi connectivity index (χ2n) is 6.07. The van der Waals surface area contributed by atoms with Crippen molar-refractivity contribution in [1.82, 2.24) is 5.48 Å². The maximum Gasteiger partial charge on any atom is 0.431 e. The SMILES string of the molecule is CC(C)(C)OC(=O)NOCC(=O)OC1C(F)[C@@H](F)C(F)C(F)[C@H]1F. The standard InChI is InChI=1S/C13H18F5NO5/c1-13(2,3)24-12(21)19-22-4-5(20)23-11-9(17)7(15)6(14)8(16)10(11)18/h6-11H,4H2,1-3H3,(H,19,21)/t6?,7-,8?,9?,10+,11?/m0/s1. The average Bonchev–Trinajstić information content (AvgIpc) is 2.45. The molecule has 1 fully saturated rings. The summed E-state index contributed by atoms with van der Waals surface area (Å²) in [6, 6.07) is 0. The zero-order valence-electron chi connectivity index (χ0n) is 13.1. The summed E-state index contributed by atoms with van der Waals surface area (Å²) in [6.07, 6.45) is -18.2. The fourth-order valence-electron chi connectivity index (χ4n) is 1.83. The molecule has 1 amide bonds. The molecule has 11 heteroatoms. The van der Waals surface area contributed by atoms with E-state index in [2.05, 4.69) is 9.57 Å². The molecule has 140 valence electrons. The van der Waals surface area contributed by atoms with E-state index in [1.165, 1.54) is 0 Å². The first-order valence-electron chi connectivity index (χ1n) is 6.94. The predicted octanol–water partition coefficient (Wildman–Crippen LogP) is 2.06. The molecule has 0 radical (unpaired) electrons. The fourth-order valence-corrected chi connectivity index (χ4v) is 1.83. The molecule has 1 rings (SSSR count). The Bertz CT molecular complexity index is 445. The third kappa shape index (κ3) is 5.46. The van der Waals surface area contributed by atoms with Crippen LogP contribution in [-0.2, 0) is 19.1 Å². The van der Waals surface area contributed by atoms with E-state index in [0.29, 0.717) is 0 Å². The normalized spacial score (nSPS) is 33.7. The molecule has 0 heterocycles. The number of halogens is 5. The Balaban J connectivity index is 2.45. The van der Waals surface area contributed by atoms with E-state index in [4.69, 9.17) is 4.74 Å². The van der Waals surface area contributed by atoms with Crippen LogP contribution in [0.1, 0.15) is 20.8 Å². The van der Waals surface area contributed by atoms with Gasteiger partial charge in [-0.15, -0.1) is 0 Å². The van der Waals surface area contributed by atoms with Gasteiger partial charge in [0.2, 0.25) is 0 Å². The van der Waals surface area contributed by atoms with Crippen molar-refractivity contribution in [2.75, 3.05) is 6.61 Å². The zero-order chi connectivity index (χ0) is 18.7. The number of esters is 1. The fraction of sp³-hybridized carbons (Fsp3) is 0.846. The summed E-state index contributed by atoms with van der Waals surface area (Å²) in [5.41, 5.74) is 0.858. The van der Waals surface area contributed by atoms with Crippen molar-refractivity contribution in [1.29, 1.82) is 0 Å². The Labute approximate surface area is 134 Å². The molecule has 1 N–H and O–H groups in total. The molecule has 6 nitrogen and oxygen atoms in total. The maximum absolute atomic E-state index is 13.5. The highest BCUT2D eigenvalue weighted by Gasteiger charge is 2.55. The molecule has 0 aromatic rings. The molecule has 0 aromatic carbocycles. The number of nitrogens with one attached hydrogen (secondary N) is 1. The van der Waals surface area contributed by atoms with Crippen LogP contribution in [0.15, 0.2) is 0 Å². The van der Waals surface area contributed by atoms with Gasteiger partial charge in [0, 0.05) is 0 Å². The van der Waals surface area contributed by atoms with Crippen LogP contribution in [-0.4, -0.2) is 61.2 Å². The highest BCUT2D eigenvalue weighted by molar-refractivity contribution is 5.71. The van der Waals surface area contributed by atoms with Crippen LogP contribution < -0.4 is 5.48 Å². The van der Waals surface area contributed by atoms with Crippen molar-refractivity contribution < 1.29 is 45.9 Å².